The fourth-order valence-corrected chi connectivity index (χ4v) is 7.08. The third kappa shape index (κ3) is 3.00. The summed E-state index contributed by atoms with van der Waals surface area (Å²) in [6.07, 6.45) is 3.40. The third-order valence-electron chi connectivity index (χ3n) is 4.84. The van der Waals surface area contributed by atoms with Crippen LogP contribution in [0.2, 0.25) is 0 Å². The van der Waals surface area contributed by atoms with Crippen molar-refractivity contribution in [2.24, 2.45) is 0 Å². The average molecular weight is 373 g/mol. The van der Waals surface area contributed by atoms with Gasteiger partial charge in [-0.05, 0) is 56.7 Å². The van der Waals surface area contributed by atoms with E-state index in [4.69, 9.17) is 0 Å². The number of sulfonamides is 2. The number of nitrogens with zero attached hydrogens (tertiary/aromatic N) is 2. The molecule has 0 radical (unpaired) electrons. The van der Waals surface area contributed by atoms with Gasteiger partial charge in [0.1, 0.15) is 0 Å². The van der Waals surface area contributed by atoms with Crippen molar-refractivity contribution in [3.63, 3.8) is 0 Å². The van der Waals surface area contributed by atoms with Crippen LogP contribution in [0.1, 0.15) is 36.8 Å². The van der Waals surface area contributed by atoms with Gasteiger partial charge in [0.05, 0.1) is 9.79 Å². The maximum Gasteiger partial charge on any atom is 0.243 e. The van der Waals surface area contributed by atoms with Gasteiger partial charge in [-0.2, -0.15) is 8.61 Å². The van der Waals surface area contributed by atoms with Gasteiger partial charge in [0, 0.05) is 26.2 Å². The zero-order valence-corrected chi connectivity index (χ0v) is 15.8. The lowest BCUT2D eigenvalue weighted by Crippen LogP contribution is -2.30. The Hall–Kier alpha value is -0.960. The van der Waals surface area contributed by atoms with Crippen LogP contribution in [0.25, 0.3) is 0 Å². The minimum absolute atomic E-state index is 0.118. The van der Waals surface area contributed by atoms with E-state index < -0.39 is 20.0 Å². The smallest absolute Gasteiger partial charge is 0.207 e. The molecule has 8 heteroatoms. The highest BCUT2D eigenvalue weighted by Crippen LogP contribution is 2.30. The van der Waals surface area contributed by atoms with E-state index in [0.29, 0.717) is 37.3 Å². The van der Waals surface area contributed by atoms with Gasteiger partial charge in [-0.3, -0.25) is 0 Å². The molecule has 2 aliphatic rings. The summed E-state index contributed by atoms with van der Waals surface area (Å²) in [5.41, 5.74) is 1.19. The molecule has 2 aliphatic heterocycles. The van der Waals surface area contributed by atoms with Crippen LogP contribution in [-0.2, 0) is 20.0 Å². The Labute approximate surface area is 144 Å². The molecule has 1 aromatic rings. The first-order chi connectivity index (χ1) is 11.2. The second kappa shape index (κ2) is 6.40. The summed E-state index contributed by atoms with van der Waals surface area (Å²) in [5, 5.41) is 0. The van der Waals surface area contributed by atoms with Crippen LogP contribution in [0.5, 0.6) is 0 Å². The van der Waals surface area contributed by atoms with Gasteiger partial charge in [-0.25, -0.2) is 16.8 Å². The van der Waals surface area contributed by atoms with E-state index in [9.17, 15) is 16.8 Å². The van der Waals surface area contributed by atoms with Crippen molar-refractivity contribution < 1.29 is 16.8 Å². The van der Waals surface area contributed by atoms with Crippen molar-refractivity contribution in [1.82, 2.24) is 8.61 Å². The lowest BCUT2D eigenvalue weighted by molar-refractivity contribution is 0.474. The zero-order valence-electron chi connectivity index (χ0n) is 14.2. The lowest BCUT2D eigenvalue weighted by atomic mass is 10.2. The van der Waals surface area contributed by atoms with E-state index in [1.165, 1.54) is 14.7 Å². The van der Waals surface area contributed by atoms with Gasteiger partial charge < -0.3 is 0 Å². The molecule has 0 N–H and O–H groups in total. The minimum atomic E-state index is -3.64. The normalized spacial score (nSPS) is 20.8. The minimum Gasteiger partial charge on any atom is -0.207 e. The van der Waals surface area contributed by atoms with Gasteiger partial charge in [0.25, 0.3) is 0 Å². The predicted octanol–water partition coefficient (Wildman–Crippen LogP) is 1.87. The van der Waals surface area contributed by atoms with Gasteiger partial charge in [0.2, 0.25) is 20.0 Å². The quantitative estimate of drug-likeness (QED) is 0.809. The predicted molar refractivity (Wildman–Crippen MR) is 91.9 cm³/mol. The van der Waals surface area contributed by atoms with Crippen LogP contribution in [0.4, 0.5) is 0 Å². The molecule has 0 spiro atoms. The van der Waals surface area contributed by atoms with Crippen LogP contribution in [0, 0.1) is 13.8 Å². The second-order valence-electron chi connectivity index (χ2n) is 6.61. The van der Waals surface area contributed by atoms with E-state index >= 15 is 0 Å². The second-order valence-corrected chi connectivity index (χ2v) is 10.4. The fourth-order valence-electron chi connectivity index (χ4n) is 3.50. The van der Waals surface area contributed by atoms with E-state index in [1.807, 2.05) is 0 Å². The Morgan fingerprint density at radius 1 is 0.667 bits per heavy atom. The van der Waals surface area contributed by atoms with Gasteiger partial charge in [-0.15, -0.1) is 0 Å². The summed E-state index contributed by atoms with van der Waals surface area (Å²) in [6.45, 7) is 5.46. The molecule has 0 bridgehead atoms. The van der Waals surface area contributed by atoms with E-state index in [0.717, 1.165) is 25.7 Å². The maximum absolute atomic E-state index is 12.9. The van der Waals surface area contributed by atoms with Crippen molar-refractivity contribution in [3.8, 4) is 0 Å². The molecule has 2 heterocycles. The van der Waals surface area contributed by atoms with Crippen molar-refractivity contribution in [1.29, 1.82) is 0 Å². The molecule has 1 aromatic carbocycles. The molecule has 3 rings (SSSR count). The number of rotatable bonds is 4. The Kier molecular flexibility index (Phi) is 4.76. The Balaban J connectivity index is 2.09. The first-order valence-electron chi connectivity index (χ1n) is 8.36. The van der Waals surface area contributed by atoms with E-state index in [-0.39, 0.29) is 9.79 Å². The molecule has 0 unspecified atom stereocenters. The number of hydrogen-bond acceptors (Lipinski definition) is 4. The highest BCUT2D eigenvalue weighted by atomic mass is 32.2. The molecule has 0 saturated carbocycles. The van der Waals surface area contributed by atoms with E-state index in [1.54, 1.807) is 19.9 Å². The van der Waals surface area contributed by atoms with Crippen LogP contribution in [0.3, 0.4) is 0 Å². The molecule has 2 fully saturated rings. The van der Waals surface area contributed by atoms with Crippen LogP contribution < -0.4 is 0 Å². The number of aryl methyl sites for hydroxylation is 2. The largest absolute Gasteiger partial charge is 0.243 e. The molecule has 2 saturated heterocycles. The lowest BCUT2D eigenvalue weighted by Gasteiger charge is -2.21. The Morgan fingerprint density at radius 3 is 1.33 bits per heavy atom. The van der Waals surface area contributed by atoms with Crippen molar-refractivity contribution in [2.75, 3.05) is 26.2 Å². The molecule has 24 heavy (non-hydrogen) atoms. The van der Waals surface area contributed by atoms with Crippen LogP contribution in [0.15, 0.2) is 21.9 Å². The average Bonchev–Trinajstić information content (AvgIpc) is 3.20. The van der Waals surface area contributed by atoms with Crippen LogP contribution >= 0.6 is 0 Å². The van der Waals surface area contributed by atoms with Gasteiger partial charge in [-0.1, -0.05) is 6.07 Å². The van der Waals surface area contributed by atoms with Crippen molar-refractivity contribution in [2.45, 2.75) is 49.3 Å². The Morgan fingerprint density at radius 2 is 1.00 bits per heavy atom. The fraction of sp³-hybridized carbons (Fsp3) is 0.625. The molecule has 0 aromatic heterocycles. The molecular formula is C16H24N2O4S2. The topological polar surface area (TPSA) is 74.8 Å². The summed E-state index contributed by atoms with van der Waals surface area (Å²) in [4.78, 5) is 0.237. The summed E-state index contributed by atoms with van der Waals surface area (Å²) in [7, 11) is -7.28. The maximum atomic E-state index is 12.9. The van der Waals surface area contributed by atoms with Gasteiger partial charge >= 0.3 is 0 Å². The van der Waals surface area contributed by atoms with E-state index in [2.05, 4.69) is 0 Å². The highest BCUT2D eigenvalue weighted by Gasteiger charge is 2.33. The molecule has 0 amide bonds. The summed E-state index contributed by atoms with van der Waals surface area (Å²) < 4.78 is 54.4. The summed E-state index contributed by atoms with van der Waals surface area (Å²) >= 11 is 0. The third-order valence-corrected chi connectivity index (χ3v) is 8.92. The summed E-state index contributed by atoms with van der Waals surface area (Å²) in [6, 6.07) is 3.04. The zero-order chi connectivity index (χ0) is 17.5. The molecule has 0 atom stereocenters. The first kappa shape index (κ1) is 17.8. The molecule has 6 nitrogen and oxygen atoms in total. The van der Waals surface area contributed by atoms with Crippen molar-refractivity contribution in [3.05, 3.63) is 23.3 Å². The molecule has 0 aliphatic carbocycles. The standard InChI is InChI=1S/C16H24N2O4S2/c1-13-11-14(2)16(24(21,22)18-9-5-6-10-18)12-15(13)23(19,20)17-7-3-4-8-17/h11-12H,3-10H2,1-2H3. The number of benzene rings is 1. The highest BCUT2D eigenvalue weighted by molar-refractivity contribution is 7.90. The van der Waals surface area contributed by atoms with Gasteiger partial charge in [0.15, 0.2) is 0 Å². The Bertz CT molecular complexity index is 768. The monoisotopic (exact) mass is 372 g/mol. The van der Waals surface area contributed by atoms with Crippen LogP contribution in [-0.4, -0.2) is 51.6 Å². The number of hydrogen-bond donors (Lipinski definition) is 0. The first-order valence-corrected chi connectivity index (χ1v) is 11.2. The molecule has 134 valence electrons. The van der Waals surface area contributed by atoms with Crippen molar-refractivity contribution >= 4 is 20.0 Å². The SMILES string of the molecule is Cc1cc(C)c(S(=O)(=O)N2CCCC2)cc1S(=O)(=O)N1CCCC1. The summed E-state index contributed by atoms with van der Waals surface area (Å²) in [5.74, 6) is 0. The molecular weight excluding hydrogens is 348 g/mol.